The Balaban J connectivity index is 3.06. The van der Waals surface area contributed by atoms with Crippen LogP contribution in [0.1, 0.15) is 29.3 Å². The van der Waals surface area contributed by atoms with Gasteiger partial charge in [-0.25, -0.2) is 13.1 Å². The number of benzene rings is 1. The summed E-state index contributed by atoms with van der Waals surface area (Å²) < 4.78 is 31.7. The van der Waals surface area contributed by atoms with Crippen molar-refractivity contribution in [2.75, 3.05) is 33.9 Å². The Morgan fingerprint density at radius 3 is 2.64 bits per heavy atom. The highest BCUT2D eigenvalue weighted by molar-refractivity contribution is 7.89. The van der Waals surface area contributed by atoms with Gasteiger partial charge in [-0.15, -0.1) is 0 Å². The third-order valence-corrected chi connectivity index (χ3v) is 4.71. The molecule has 0 saturated carbocycles. The molecule has 1 rings (SSSR count). The monoisotopic (exact) mass is 328 g/mol. The topological polar surface area (TPSA) is 75.7 Å². The van der Waals surface area contributed by atoms with E-state index in [4.69, 9.17) is 4.74 Å². The van der Waals surface area contributed by atoms with E-state index in [0.717, 1.165) is 12.0 Å². The van der Waals surface area contributed by atoms with Crippen LogP contribution in [-0.2, 0) is 14.8 Å². The number of ether oxygens (including phenoxy) is 1. The first-order chi connectivity index (χ1) is 10.3. The van der Waals surface area contributed by atoms with E-state index in [2.05, 4.69) is 4.72 Å². The van der Waals surface area contributed by atoms with Crippen molar-refractivity contribution in [1.29, 1.82) is 0 Å². The maximum atomic E-state index is 12.4. The van der Waals surface area contributed by atoms with Crippen LogP contribution in [-0.4, -0.2) is 53.1 Å². The van der Waals surface area contributed by atoms with Gasteiger partial charge in [0.15, 0.2) is 0 Å². The lowest BCUT2D eigenvalue weighted by Crippen LogP contribution is -2.29. The molecule has 1 N–H and O–H groups in total. The third kappa shape index (κ3) is 4.79. The lowest BCUT2D eigenvalue weighted by molar-refractivity contribution is 0.0794. The minimum absolute atomic E-state index is 0.0856. The molecule has 1 aromatic carbocycles. The summed E-state index contributed by atoms with van der Waals surface area (Å²) >= 11 is 0. The molecular weight excluding hydrogens is 304 g/mol. The van der Waals surface area contributed by atoms with Crippen molar-refractivity contribution in [3.63, 3.8) is 0 Å². The van der Waals surface area contributed by atoms with Crippen LogP contribution in [0.2, 0.25) is 0 Å². The first-order valence-corrected chi connectivity index (χ1v) is 8.66. The number of hydrogen-bond donors (Lipinski definition) is 1. The number of amides is 1. The summed E-state index contributed by atoms with van der Waals surface area (Å²) in [5.74, 6) is -0.173. The van der Waals surface area contributed by atoms with E-state index >= 15 is 0 Å². The van der Waals surface area contributed by atoms with Crippen molar-refractivity contribution >= 4 is 15.9 Å². The Hall–Kier alpha value is -1.44. The van der Waals surface area contributed by atoms with E-state index in [1.807, 2.05) is 6.92 Å². The summed E-state index contributed by atoms with van der Waals surface area (Å²) in [6.07, 6.45) is 0.845. The second-order valence-corrected chi connectivity index (χ2v) is 6.86. The highest BCUT2D eigenvalue weighted by Crippen LogP contribution is 2.17. The van der Waals surface area contributed by atoms with E-state index in [0.29, 0.717) is 12.1 Å². The molecule has 6 nitrogen and oxygen atoms in total. The Bertz CT molecular complexity index is 614. The van der Waals surface area contributed by atoms with Crippen molar-refractivity contribution < 1.29 is 17.9 Å². The fourth-order valence-corrected chi connectivity index (χ4v) is 3.04. The number of hydrogen-bond acceptors (Lipinski definition) is 4. The van der Waals surface area contributed by atoms with Crippen LogP contribution in [0.5, 0.6) is 0 Å². The maximum Gasteiger partial charge on any atom is 0.253 e. The minimum Gasteiger partial charge on any atom is -0.383 e. The molecular formula is C15H24N2O4S. The molecule has 0 aromatic heterocycles. The molecule has 0 heterocycles. The Labute approximate surface area is 132 Å². The molecule has 0 bridgehead atoms. The number of rotatable bonds is 8. The quantitative estimate of drug-likeness (QED) is 0.732. The smallest absolute Gasteiger partial charge is 0.253 e. The second kappa shape index (κ2) is 8.26. The molecule has 1 aromatic rings. The Morgan fingerprint density at radius 1 is 1.36 bits per heavy atom. The van der Waals surface area contributed by atoms with Gasteiger partial charge in [-0.3, -0.25) is 4.79 Å². The second-order valence-electron chi connectivity index (χ2n) is 5.09. The molecule has 0 aliphatic rings. The zero-order chi connectivity index (χ0) is 16.8. The number of nitrogens with one attached hydrogen (secondary N) is 1. The highest BCUT2D eigenvalue weighted by Gasteiger charge is 2.19. The van der Waals surface area contributed by atoms with Crippen LogP contribution < -0.4 is 4.72 Å². The van der Waals surface area contributed by atoms with Gasteiger partial charge < -0.3 is 9.64 Å². The number of nitrogens with zero attached hydrogens (tertiary/aromatic N) is 1. The number of methoxy groups -OCH3 is 1. The molecule has 1 amide bonds. The molecule has 0 aliphatic carbocycles. The molecule has 0 radical (unpaired) electrons. The van der Waals surface area contributed by atoms with E-state index < -0.39 is 10.0 Å². The largest absolute Gasteiger partial charge is 0.383 e. The predicted molar refractivity (Wildman–Crippen MR) is 85.5 cm³/mol. The Kier molecular flexibility index (Phi) is 6.99. The van der Waals surface area contributed by atoms with Gasteiger partial charge in [0.25, 0.3) is 5.91 Å². The van der Waals surface area contributed by atoms with Gasteiger partial charge in [-0.05, 0) is 31.0 Å². The van der Waals surface area contributed by atoms with Crippen LogP contribution in [0, 0.1) is 6.92 Å². The number of sulfonamides is 1. The van der Waals surface area contributed by atoms with Crippen LogP contribution in [0.25, 0.3) is 0 Å². The molecule has 0 fully saturated rings. The highest BCUT2D eigenvalue weighted by atomic mass is 32.2. The summed E-state index contributed by atoms with van der Waals surface area (Å²) in [6.45, 7) is 4.88. The number of aryl methyl sites for hydroxylation is 1. The molecule has 0 atom stereocenters. The fraction of sp³-hybridized carbons (Fsp3) is 0.533. The SMILES string of the molecule is CCCN(C)C(=O)c1cc(S(=O)(=O)NCCOC)ccc1C. The minimum atomic E-state index is -3.64. The van der Waals surface area contributed by atoms with Crippen molar-refractivity contribution in [2.45, 2.75) is 25.2 Å². The molecule has 0 unspecified atom stereocenters. The van der Waals surface area contributed by atoms with E-state index in [1.165, 1.54) is 19.2 Å². The summed E-state index contributed by atoms with van der Waals surface area (Å²) in [7, 11) is -0.432. The van der Waals surface area contributed by atoms with Crippen molar-refractivity contribution in [2.24, 2.45) is 0 Å². The maximum absolute atomic E-state index is 12.4. The molecule has 0 spiro atoms. The zero-order valence-corrected chi connectivity index (χ0v) is 14.4. The third-order valence-electron chi connectivity index (χ3n) is 3.25. The number of carbonyl (C=O) groups is 1. The number of carbonyl (C=O) groups excluding carboxylic acids is 1. The van der Waals surface area contributed by atoms with Gasteiger partial charge in [0.05, 0.1) is 11.5 Å². The van der Waals surface area contributed by atoms with Gasteiger partial charge in [0.1, 0.15) is 0 Å². The van der Waals surface area contributed by atoms with Gasteiger partial charge in [0, 0.05) is 32.8 Å². The van der Waals surface area contributed by atoms with E-state index in [-0.39, 0.29) is 24.0 Å². The first-order valence-electron chi connectivity index (χ1n) is 7.18. The average molecular weight is 328 g/mol. The van der Waals surface area contributed by atoms with E-state index in [9.17, 15) is 13.2 Å². The summed E-state index contributed by atoms with van der Waals surface area (Å²) in [4.78, 5) is 14.1. The van der Waals surface area contributed by atoms with Crippen molar-refractivity contribution in [3.8, 4) is 0 Å². The van der Waals surface area contributed by atoms with Crippen LogP contribution >= 0.6 is 0 Å². The van der Waals surface area contributed by atoms with Crippen LogP contribution in [0.3, 0.4) is 0 Å². The molecule has 0 aliphatic heterocycles. The summed E-state index contributed by atoms with van der Waals surface area (Å²) in [5.41, 5.74) is 1.16. The molecule has 124 valence electrons. The first kappa shape index (κ1) is 18.6. The van der Waals surface area contributed by atoms with Crippen LogP contribution in [0.4, 0.5) is 0 Å². The van der Waals surface area contributed by atoms with E-state index in [1.54, 1.807) is 24.9 Å². The van der Waals surface area contributed by atoms with Gasteiger partial charge >= 0.3 is 0 Å². The summed E-state index contributed by atoms with van der Waals surface area (Å²) in [6, 6.07) is 4.58. The molecule has 0 saturated heterocycles. The normalized spacial score (nSPS) is 11.5. The zero-order valence-electron chi connectivity index (χ0n) is 13.5. The van der Waals surface area contributed by atoms with Gasteiger partial charge in [-0.2, -0.15) is 0 Å². The summed E-state index contributed by atoms with van der Waals surface area (Å²) in [5, 5.41) is 0. The lowest BCUT2D eigenvalue weighted by atomic mass is 10.1. The lowest BCUT2D eigenvalue weighted by Gasteiger charge is -2.18. The molecule has 22 heavy (non-hydrogen) atoms. The van der Waals surface area contributed by atoms with Gasteiger partial charge in [-0.1, -0.05) is 13.0 Å². The Morgan fingerprint density at radius 2 is 2.05 bits per heavy atom. The van der Waals surface area contributed by atoms with Gasteiger partial charge in [0.2, 0.25) is 10.0 Å². The average Bonchev–Trinajstić information content (AvgIpc) is 2.47. The van der Waals surface area contributed by atoms with Crippen LogP contribution in [0.15, 0.2) is 23.1 Å². The van der Waals surface area contributed by atoms with Crippen molar-refractivity contribution in [3.05, 3.63) is 29.3 Å². The standard InChI is InChI=1S/C15H24N2O4S/c1-5-9-17(3)15(18)14-11-13(7-6-12(14)2)22(19,20)16-8-10-21-4/h6-7,11,16H,5,8-10H2,1-4H3. The fourth-order valence-electron chi connectivity index (χ4n) is 2.00. The predicted octanol–water partition coefficient (Wildman–Crippen LogP) is 1.40. The molecule has 7 heteroatoms. The van der Waals surface area contributed by atoms with Crippen molar-refractivity contribution in [1.82, 2.24) is 9.62 Å².